The van der Waals surface area contributed by atoms with Crippen LogP contribution in [0.2, 0.25) is 5.02 Å². The molecule has 5 heteroatoms. The summed E-state index contributed by atoms with van der Waals surface area (Å²) in [5.41, 5.74) is 1.35. The first kappa shape index (κ1) is 14.7. The van der Waals surface area contributed by atoms with E-state index in [0.717, 1.165) is 28.6 Å². The molecule has 3 nitrogen and oxygen atoms in total. The Hall–Kier alpha value is -0.740. The molecule has 0 unspecified atom stereocenters. The van der Waals surface area contributed by atoms with Crippen LogP contribution in [0, 0.1) is 0 Å². The Balaban J connectivity index is 2.37. The number of ether oxygens (including phenoxy) is 1. The molecule has 1 heterocycles. The van der Waals surface area contributed by atoms with Gasteiger partial charge in [-0.25, -0.2) is 4.79 Å². The van der Waals surface area contributed by atoms with Crippen molar-refractivity contribution in [2.24, 2.45) is 0 Å². The predicted octanol–water partition coefficient (Wildman–Crippen LogP) is 4.79. The first-order chi connectivity index (χ1) is 8.79. The van der Waals surface area contributed by atoms with E-state index in [9.17, 15) is 4.79 Å². The first-order valence-electron chi connectivity index (χ1n) is 6.27. The lowest BCUT2D eigenvalue weighted by atomic mass is 10.0. The molecule has 2 rings (SSSR count). The van der Waals surface area contributed by atoms with E-state index in [1.54, 1.807) is 4.90 Å². The molecular weight excluding hydrogens is 330 g/mol. The number of fused-ring (bicyclic) bond motifs is 1. The molecular formula is C14H17BrClNO2. The highest BCUT2D eigenvalue weighted by molar-refractivity contribution is 9.10. The molecule has 1 amide bonds. The molecule has 1 aliphatic rings. The number of halogens is 2. The Labute approximate surface area is 127 Å². The first-order valence-corrected chi connectivity index (χ1v) is 7.44. The quantitative estimate of drug-likeness (QED) is 0.676. The van der Waals surface area contributed by atoms with Crippen LogP contribution in [0.4, 0.5) is 10.5 Å². The van der Waals surface area contributed by atoms with Gasteiger partial charge in [0, 0.05) is 16.0 Å². The maximum Gasteiger partial charge on any atom is 0.414 e. The summed E-state index contributed by atoms with van der Waals surface area (Å²) < 4.78 is 6.32. The Morgan fingerprint density at radius 1 is 1.42 bits per heavy atom. The third kappa shape index (κ3) is 3.23. The topological polar surface area (TPSA) is 29.5 Å². The molecule has 0 saturated heterocycles. The second-order valence-corrected chi connectivity index (χ2v) is 6.85. The van der Waals surface area contributed by atoms with Gasteiger partial charge in [0.2, 0.25) is 0 Å². The molecule has 0 saturated carbocycles. The Bertz CT molecular complexity index is 511. The number of carbonyl (C=O) groups is 1. The molecule has 1 aromatic carbocycles. The van der Waals surface area contributed by atoms with Crippen molar-refractivity contribution in [3.8, 4) is 0 Å². The average molecular weight is 347 g/mol. The molecule has 104 valence electrons. The van der Waals surface area contributed by atoms with E-state index in [1.807, 2.05) is 32.9 Å². The molecule has 1 aliphatic heterocycles. The Kier molecular flexibility index (Phi) is 4.11. The zero-order valence-electron chi connectivity index (χ0n) is 11.3. The van der Waals surface area contributed by atoms with Crippen molar-refractivity contribution in [2.75, 3.05) is 11.4 Å². The third-order valence-electron chi connectivity index (χ3n) is 2.87. The number of hydrogen-bond acceptors (Lipinski definition) is 2. The van der Waals surface area contributed by atoms with E-state index in [0.29, 0.717) is 11.6 Å². The summed E-state index contributed by atoms with van der Waals surface area (Å²) in [5, 5.41) is 0.700. The second-order valence-electron chi connectivity index (χ2n) is 5.59. The average Bonchev–Trinajstić information content (AvgIpc) is 2.31. The van der Waals surface area contributed by atoms with E-state index < -0.39 is 5.60 Å². The summed E-state index contributed by atoms with van der Waals surface area (Å²) in [4.78, 5) is 13.9. The summed E-state index contributed by atoms with van der Waals surface area (Å²) in [6, 6.07) is 3.72. The lowest BCUT2D eigenvalue weighted by Gasteiger charge is -2.32. The summed E-state index contributed by atoms with van der Waals surface area (Å²) in [6.07, 6.45) is 1.45. The number of carbonyl (C=O) groups excluding carboxylic acids is 1. The summed E-state index contributed by atoms with van der Waals surface area (Å²) >= 11 is 9.71. The van der Waals surface area contributed by atoms with Gasteiger partial charge in [0.15, 0.2) is 0 Å². The van der Waals surface area contributed by atoms with Crippen LogP contribution in [0.1, 0.15) is 32.8 Å². The van der Waals surface area contributed by atoms with Gasteiger partial charge < -0.3 is 4.74 Å². The van der Waals surface area contributed by atoms with Gasteiger partial charge in [-0.05, 0) is 67.2 Å². The molecule has 19 heavy (non-hydrogen) atoms. The van der Waals surface area contributed by atoms with Gasteiger partial charge in [-0.1, -0.05) is 11.6 Å². The minimum atomic E-state index is -0.500. The van der Waals surface area contributed by atoms with Crippen molar-refractivity contribution in [2.45, 2.75) is 39.2 Å². The highest BCUT2D eigenvalue weighted by Gasteiger charge is 2.29. The van der Waals surface area contributed by atoms with Crippen molar-refractivity contribution in [1.29, 1.82) is 0 Å². The van der Waals surface area contributed by atoms with Crippen LogP contribution in [0.5, 0.6) is 0 Å². The molecule has 0 bridgehead atoms. The minimum Gasteiger partial charge on any atom is -0.443 e. The highest BCUT2D eigenvalue weighted by atomic mass is 79.9. The Morgan fingerprint density at radius 2 is 2.11 bits per heavy atom. The van der Waals surface area contributed by atoms with Gasteiger partial charge in [0.05, 0.1) is 5.69 Å². The van der Waals surface area contributed by atoms with Gasteiger partial charge >= 0.3 is 6.09 Å². The third-order valence-corrected chi connectivity index (χ3v) is 3.86. The van der Waals surface area contributed by atoms with Crippen molar-refractivity contribution in [1.82, 2.24) is 0 Å². The molecule has 0 aliphatic carbocycles. The number of rotatable bonds is 0. The fourth-order valence-corrected chi connectivity index (χ4v) is 2.97. The largest absolute Gasteiger partial charge is 0.443 e. The van der Waals surface area contributed by atoms with Crippen LogP contribution >= 0.6 is 27.5 Å². The van der Waals surface area contributed by atoms with Crippen molar-refractivity contribution in [3.05, 3.63) is 27.2 Å². The lowest BCUT2D eigenvalue weighted by Crippen LogP contribution is -2.40. The van der Waals surface area contributed by atoms with Gasteiger partial charge in [-0.3, -0.25) is 4.90 Å². The van der Waals surface area contributed by atoms with Crippen LogP contribution in [0.3, 0.4) is 0 Å². The van der Waals surface area contributed by atoms with Crippen LogP contribution in [0.15, 0.2) is 16.6 Å². The molecule has 0 fully saturated rings. The monoisotopic (exact) mass is 345 g/mol. The maximum absolute atomic E-state index is 12.3. The Morgan fingerprint density at radius 3 is 2.74 bits per heavy atom. The smallest absolute Gasteiger partial charge is 0.414 e. The number of benzene rings is 1. The zero-order valence-corrected chi connectivity index (χ0v) is 13.6. The summed E-state index contributed by atoms with van der Waals surface area (Å²) in [5.74, 6) is 0. The van der Waals surface area contributed by atoms with E-state index in [1.165, 1.54) is 0 Å². The minimum absolute atomic E-state index is 0.323. The van der Waals surface area contributed by atoms with E-state index >= 15 is 0 Å². The van der Waals surface area contributed by atoms with Crippen molar-refractivity contribution >= 4 is 39.3 Å². The van der Waals surface area contributed by atoms with Crippen LogP contribution in [0.25, 0.3) is 0 Å². The summed E-state index contributed by atoms with van der Waals surface area (Å²) in [6.45, 7) is 6.25. The number of amides is 1. The van der Waals surface area contributed by atoms with Crippen LogP contribution < -0.4 is 4.90 Å². The molecule has 0 radical (unpaired) electrons. The number of hydrogen-bond donors (Lipinski definition) is 0. The summed E-state index contributed by atoms with van der Waals surface area (Å²) in [7, 11) is 0. The van der Waals surface area contributed by atoms with E-state index in [2.05, 4.69) is 15.9 Å². The van der Waals surface area contributed by atoms with Gasteiger partial charge in [0.1, 0.15) is 5.60 Å². The normalized spacial score (nSPS) is 15.1. The van der Waals surface area contributed by atoms with Gasteiger partial charge in [-0.15, -0.1) is 0 Å². The van der Waals surface area contributed by atoms with Crippen LogP contribution in [-0.2, 0) is 11.2 Å². The number of anilines is 1. The van der Waals surface area contributed by atoms with Crippen molar-refractivity contribution in [3.63, 3.8) is 0 Å². The van der Waals surface area contributed by atoms with Gasteiger partial charge in [0.25, 0.3) is 0 Å². The molecule has 0 atom stereocenters. The van der Waals surface area contributed by atoms with E-state index in [-0.39, 0.29) is 6.09 Å². The number of nitrogens with zero attached hydrogens (tertiary/aromatic N) is 1. The fraction of sp³-hybridized carbons (Fsp3) is 0.500. The molecule has 0 N–H and O–H groups in total. The molecule has 1 aromatic rings. The lowest BCUT2D eigenvalue weighted by molar-refractivity contribution is 0.0577. The van der Waals surface area contributed by atoms with Crippen molar-refractivity contribution < 1.29 is 9.53 Å². The SMILES string of the molecule is CC(C)(C)OC(=O)N1CCCc2c(Cl)ccc(Br)c21. The molecule has 0 aromatic heterocycles. The maximum atomic E-state index is 12.3. The molecule has 0 spiro atoms. The standard InChI is InChI=1S/C14H17BrClNO2/c1-14(2,3)19-13(18)17-8-4-5-9-11(16)7-6-10(15)12(9)17/h6-7H,4-5,8H2,1-3H3. The highest BCUT2D eigenvalue weighted by Crippen LogP contribution is 2.39. The zero-order chi connectivity index (χ0) is 14.2. The predicted molar refractivity (Wildman–Crippen MR) is 81.1 cm³/mol. The van der Waals surface area contributed by atoms with E-state index in [4.69, 9.17) is 16.3 Å². The van der Waals surface area contributed by atoms with Crippen LogP contribution in [-0.4, -0.2) is 18.2 Å². The fourth-order valence-electron chi connectivity index (χ4n) is 2.14. The second kappa shape index (κ2) is 5.33. The van der Waals surface area contributed by atoms with Gasteiger partial charge in [-0.2, -0.15) is 0 Å².